The van der Waals surface area contributed by atoms with Gasteiger partial charge in [-0.1, -0.05) is 26.0 Å². The van der Waals surface area contributed by atoms with Crippen molar-refractivity contribution in [1.29, 1.82) is 0 Å². The molecule has 1 aromatic carbocycles. The second-order valence-electron chi connectivity index (χ2n) is 5.21. The Bertz CT molecular complexity index is 354. The van der Waals surface area contributed by atoms with E-state index in [1.54, 1.807) is 7.11 Å². The Morgan fingerprint density at radius 2 is 1.89 bits per heavy atom. The molecule has 108 valence electrons. The zero-order valence-electron chi connectivity index (χ0n) is 12.3. The minimum Gasteiger partial charge on any atom is -0.383 e. The molecule has 19 heavy (non-hydrogen) atoms. The Morgan fingerprint density at radius 3 is 2.42 bits per heavy atom. The molecule has 0 radical (unpaired) electrons. The van der Waals surface area contributed by atoms with Crippen LogP contribution in [0.15, 0.2) is 24.3 Å². The number of benzene rings is 1. The number of halogens is 1. The van der Waals surface area contributed by atoms with Crippen molar-refractivity contribution in [3.05, 3.63) is 35.6 Å². The molecule has 0 heterocycles. The van der Waals surface area contributed by atoms with E-state index in [9.17, 15) is 4.39 Å². The van der Waals surface area contributed by atoms with E-state index in [1.165, 1.54) is 12.1 Å². The fourth-order valence-electron chi connectivity index (χ4n) is 1.91. The second-order valence-corrected chi connectivity index (χ2v) is 5.21. The van der Waals surface area contributed by atoms with Gasteiger partial charge in [-0.25, -0.2) is 4.39 Å². The molecule has 1 unspecified atom stereocenters. The molecule has 1 aromatic rings. The highest BCUT2D eigenvalue weighted by molar-refractivity contribution is 5.15. The standard InChI is InChI=1S/C15H25FN2O/c1-12(2)17-9-15(11-19-4)18(3)10-13-5-7-14(16)8-6-13/h5-8,12,15,17H,9-11H2,1-4H3. The lowest BCUT2D eigenvalue weighted by Crippen LogP contribution is -2.44. The van der Waals surface area contributed by atoms with Crippen molar-refractivity contribution >= 4 is 0 Å². The normalized spacial score (nSPS) is 13.2. The van der Waals surface area contributed by atoms with Gasteiger partial charge in [0, 0.05) is 32.3 Å². The van der Waals surface area contributed by atoms with E-state index in [4.69, 9.17) is 4.74 Å². The van der Waals surface area contributed by atoms with E-state index in [0.29, 0.717) is 18.7 Å². The maximum atomic E-state index is 12.9. The molecule has 1 atom stereocenters. The largest absolute Gasteiger partial charge is 0.383 e. The van der Waals surface area contributed by atoms with Crippen LogP contribution in [0.1, 0.15) is 19.4 Å². The SMILES string of the molecule is COCC(CNC(C)C)N(C)Cc1ccc(F)cc1. The molecule has 1 rings (SSSR count). The molecule has 0 aliphatic carbocycles. The number of rotatable bonds is 8. The number of hydrogen-bond acceptors (Lipinski definition) is 3. The number of hydrogen-bond donors (Lipinski definition) is 1. The van der Waals surface area contributed by atoms with E-state index >= 15 is 0 Å². The highest BCUT2D eigenvalue weighted by Crippen LogP contribution is 2.08. The second kappa shape index (κ2) is 8.25. The van der Waals surface area contributed by atoms with E-state index in [2.05, 4.69) is 31.1 Å². The van der Waals surface area contributed by atoms with Gasteiger partial charge in [-0.3, -0.25) is 4.90 Å². The van der Waals surface area contributed by atoms with Crippen molar-refractivity contribution < 1.29 is 9.13 Å². The average molecular weight is 268 g/mol. The first kappa shape index (κ1) is 16.1. The summed E-state index contributed by atoms with van der Waals surface area (Å²) < 4.78 is 18.1. The molecule has 0 amide bonds. The molecule has 0 aromatic heterocycles. The summed E-state index contributed by atoms with van der Waals surface area (Å²) in [7, 11) is 3.78. The summed E-state index contributed by atoms with van der Waals surface area (Å²) in [6.07, 6.45) is 0. The van der Waals surface area contributed by atoms with Gasteiger partial charge in [0.2, 0.25) is 0 Å². The highest BCUT2D eigenvalue weighted by atomic mass is 19.1. The molecule has 0 saturated heterocycles. The molecule has 0 aliphatic rings. The van der Waals surface area contributed by atoms with Crippen LogP contribution in [0, 0.1) is 5.82 Å². The quantitative estimate of drug-likeness (QED) is 0.783. The molecule has 0 fully saturated rings. The smallest absolute Gasteiger partial charge is 0.123 e. The predicted molar refractivity (Wildman–Crippen MR) is 76.7 cm³/mol. The predicted octanol–water partition coefficient (Wildman–Crippen LogP) is 2.27. The first-order valence-corrected chi connectivity index (χ1v) is 6.70. The van der Waals surface area contributed by atoms with E-state index in [0.717, 1.165) is 18.7 Å². The average Bonchev–Trinajstić information content (AvgIpc) is 2.37. The van der Waals surface area contributed by atoms with E-state index in [1.807, 2.05) is 12.1 Å². The zero-order valence-corrected chi connectivity index (χ0v) is 12.3. The Morgan fingerprint density at radius 1 is 1.26 bits per heavy atom. The van der Waals surface area contributed by atoms with Gasteiger partial charge in [0.1, 0.15) is 5.82 Å². The first-order chi connectivity index (χ1) is 9.02. The summed E-state index contributed by atoms with van der Waals surface area (Å²) in [6, 6.07) is 7.41. The van der Waals surface area contributed by atoms with Crippen LogP contribution in [-0.2, 0) is 11.3 Å². The molecule has 0 spiro atoms. The Kier molecular flexibility index (Phi) is 6.99. The fourth-order valence-corrected chi connectivity index (χ4v) is 1.91. The summed E-state index contributed by atoms with van der Waals surface area (Å²) in [4.78, 5) is 2.23. The third-order valence-corrected chi connectivity index (χ3v) is 3.09. The van der Waals surface area contributed by atoms with Crippen LogP contribution < -0.4 is 5.32 Å². The van der Waals surface area contributed by atoms with Crippen LogP contribution in [0.25, 0.3) is 0 Å². The van der Waals surface area contributed by atoms with Gasteiger partial charge in [-0.05, 0) is 24.7 Å². The molecule has 0 saturated carbocycles. The molecule has 3 nitrogen and oxygen atoms in total. The Labute approximate surface area is 115 Å². The van der Waals surface area contributed by atoms with Crippen molar-refractivity contribution in [3.63, 3.8) is 0 Å². The number of ether oxygens (including phenoxy) is 1. The van der Waals surface area contributed by atoms with E-state index < -0.39 is 0 Å². The van der Waals surface area contributed by atoms with E-state index in [-0.39, 0.29) is 5.82 Å². The molecular weight excluding hydrogens is 243 g/mol. The van der Waals surface area contributed by atoms with Gasteiger partial charge in [-0.15, -0.1) is 0 Å². The van der Waals surface area contributed by atoms with Gasteiger partial charge in [-0.2, -0.15) is 0 Å². The Hall–Kier alpha value is -0.970. The topological polar surface area (TPSA) is 24.5 Å². The van der Waals surface area contributed by atoms with Crippen LogP contribution in [0.2, 0.25) is 0 Å². The maximum Gasteiger partial charge on any atom is 0.123 e. The molecule has 1 N–H and O–H groups in total. The fraction of sp³-hybridized carbons (Fsp3) is 0.600. The van der Waals surface area contributed by atoms with Crippen LogP contribution in [0.5, 0.6) is 0 Å². The Balaban J connectivity index is 2.55. The minimum atomic E-state index is -0.193. The van der Waals surface area contributed by atoms with Crippen LogP contribution in [0.4, 0.5) is 4.39 Å². The summed E-state index contributed by atoms with van der Waals surface area (Å²) in [5.41, 5.74) is 1.11. The monoisotopic (exact) mass is 268 g/mol. The van der Waals surface area contributed by atoms with Crippen molar-refractivity contribution in [1.82, 2.24) is 10.2 Å². The van der Waals surface area contributed by atoms with Crippen LogP contribution in [0.3, 0.4) is 0 Å². The third kappa shape index (κ3) is 6.14. The molecule has 0 bridgehead atoms. The summed E-state index contributed by atoms with van der Waals surface area (Å²) in [6.45, 7) is 6.60. The summed E-state index contributed by atoms with van der Waals surface area (Å²) in [5, 5.41) is 3.42. The first-order valence-electron chi connectivity index (χ1n) is 6.70. The zero-order chi connectivity index (χ0) is 14.3. The van der Waals surface area contributed by atoms with Gasteiger partial charge in [0.05, 0.1) is 6.61 Å². The van der Waals surface area contributed by atoms with Crippen molar-refractivity contribution in [2.24, 2.45) is 0 Å². The molecular formula is C15H25FN2O. The third-order valence-electron chi connectivity index (χ3n) is 3.09. The minimum absolute atomic E-state index is 0.193. The van der Waals surface area contributed by atoms with Gasteiger partial charge in [0.15, 0.2) is 0 Å². The number of methoxy groups -OCH3 is 1. The van der Waals surface area contributed by atoms with Crippen molar-refractivity contribution in [3.8, 4) is 0 Å². The van der Waals surface area contributed by atoms with Crippen LogP contribution in [-0.4, -0.2) is 44.3 Å². The lowest BCUT2D eigenvalue weighted by molar-refractivity contribution is 0.100. The summed E-state index contributed by atoms with van der Waals surface area (Å²) >= 11 is 0. The lowest BCUT2D eigenvalue weighted by atomic mass is 10.1. The lowest BCUT2D eigenvalue weighted by Gasteiger charge is -2.28. The van der Waals surface area contributed by atoms with Crippen molar-refractivity contribution in [2.75, 3.05) is 27.3 Å². The van der Waals surface area contributed by atoms with Crippen molar-refractivity contribution in [2.45, 2.75) is 32.5 Å². The summed E-state index contributed by atoms with van der Waals surface area (Å²) in [5.74, 6) is -0.193. The van der Waals surface area contributed by atoms with Gasteiger partial charge < -0.3 is 10.1 Å². The highest BCUT2D eigenvalue weighted by Gasteiger charge is 2.15. The number of likely N-dealkylation sites (N-methyl/N-ethyl adjacent to an activating group) is 1. The number of nitrogens with zero attached hydrogens (tertiary/aromatic N) is 1. The molecule has 0 aliphatic heterocycles. The van der Waals surface area contributed by atoms with Crippen LogP contribution >= 0.6 is 0 Å². The molecule has 4 heteroatoms. The number of nitrogens with one attached hydrogen (secondary N) is 1. The van der Waals surface area contributed by atoms with Gasteiger partial charge >= 0.3 is 0 Å². The maximum absolute atomic E-state index is 12.9. The van der Waals surface area contributed by atoms with Gasteiger partial charge in [0.25, 0.3) is 0 Å².